The zero-order valence-corrected chi connectivity index (χ0v) is 8.60. The maximum atomic E-state index is 9.86. The quantitative estimate of drug-likeness (QED) is 0.422. The van der Waals surface area contributed by atoms with Crippen molar-refractivity contribution in [2.75, 3.05) is 6.16 Å². The predicted octanol–water partition coefficient (Wildman–Crippen LogP) is -0.681. The van der Waals surface area contributed by atoms with Crippen LogP contribution in [0.4, 0.5) is 0 Å². The molecule has 0 aromatic carbocycles. The van der Waals surface area contributed by atoms with Gasteiger partial charge in [0.1, 0.15) is 0 Å². The first-order valence-corrected chi connectivity index (χ1v) is 4.30. The number of hydrogen-bond acceptors (Lipinski definition) is 3. The minimum Gasteiger partial charge on any atom is -0.811 e. The first-order valence-electron chi connectivity index (χ1n) is 2.57. The molecule has 0 atom stereocenters. The van der Waals surface area contributed by atoms with Gasteiger partial charge in [0.25, 0.3) is 0 Å². The minimum absolute atomic E-state index is 0. The molecule has 0 heterocycles. The molecule has 5 heteroatoms. The average Bonchev–Trinajstić information content (AvgIpc) is 1.59. The summed E-state index contributed by atoms with van der Waals surface area (Å²) in [5.74, 6) is 0. The van der Waals surface area contributed by atoms with Crippen LogP contribution in [0, 0.1) is 0 Å². The third-order valence-corrected chi connectivity index (χ3v) is 1.65. The van der Waals surface area contributed by atoms with Gasteiger partial charge < -0.3 is 14.4 Å². The van der Waals surface area contributed by atoms with Crippen molar-refractivity contribution < 1.29 is 14.4 Å². The van der Waals surface area contributed by atoms with Gasteiger partial charge in [-0.05, 0) is 12.6 Å². The summed E-state index contributed by atoms with van der Waals surface area (Å²) in [5.41, 5.74) is 0. The minimum atomic E-state index is -4.18. The van der Waals surface area contributed by atoms with Crippen molar-refractivity contribution in [3.05, 3.63) is 0 Å². The van der Waals surface area contributed by atoms with Crippen LogP contribution >= 0.6 is 7.60 Å². The molecule has 0 aromatic heterocycles. The molecule has 50 valence electrons. The van der Waals surface area contributed by atoms with Gasteiger partial charge >= 0.3 is 37.7 Å². The van der Waals surface area contributed by atoms with Gasteiger partial charge in [0, 0.05) is 0 Å². The number of unbranched alkanes of at least 4 members (excludes halogenated alkanes) is 1. The molecule has 0 saturated carbocycles. The Morgan fingerprint density at radius 1 is 1.44 bits per heavy atom. The molecule has 0 aliphatic carbocycles. The molecule has 0 radical (unpaired) electrons. The Balaban J connectivity index is 0. The van der Waals surface area contributed by atoms with E-state index >= 15 is 0 Å². The zero-order valence-electron chi connectivity index (χ0n) is 5.50. The maximum absolute atomic E-state index is 9.86. The number of rotatable bonds is 3. The van der Waals surface area contributed by atoms with Gasteiger partial charge in [-0.2, -0.15) is 0 Å². The molecule has 0 saturated heterocycles. The van der Waals surface area contributed by atoms with Gasteiger partial charge in [-0.3, -0.25) is 0 Å². The van der Waals surface area contributed by atoms with Crippen molar-refractivity contribution in [2.24, 2.45) is 0 Å². The molecule has 0 amide bonds. The van der Waals surface area contributed by atoms with E-state index in [1.165, 1.54) is 0 Å². The average molecular weight is 176 g/mol. The van der Waals surface area contributed by atoms with Crippen molar-refractivity contribution in [3.8, 4) is 0 Å². The third kappa shape index (κ3) is 12.6. The first-order chi connectivity index (χ1) is 3.56. The van der Waals surface area contributed by atoms with Crippen molar-refractivity contribution in [3.63, 3.8) is 0 Å². The Bertz CT molecular complexity index is 100.0. The fourth-order valence-electron chi connectivity index (χ4n) is 0.352. The van der Waals surface area contributed by atoms with E-state index in [0.29, 0.717) is 6.42 Å². The van der Waals surface area contributed by atoms with Crippen LogP contribution in [0.15, 0.2) is 0 Å². The smallest absolute Gasteiger partial charge is 0.811 e. The Morgan fingerprint density at radius 3 is 2.00 bits per heavy atom. The summed E-state index contributed by atoms with van der Waals surface area (Å²) in [7, 11) is -4.18. The van der Waals surface area contributed by atoms with E-state index in [2.05, 4.69) is 0 Å². The van der Waals surface area contributed by atoms with Gasteiger partial charge in [-0.25, -0.2) is 0 Å². The van der Waals surface area contributed by atoms with Crippen LogP contribution in [0.5, 0.6) is 0 Å². The third-order valence-electron chi connectivity index (χ3n) is 0.786. The van der Waals surface area contributed by atoms with Crippen LogP contribution < -0.4 is 9.79 Å². The van der Waals surface area contributed by atoms with E-state index < -0.39 is 7.60 Å². The SMILES string of the molecule is CCCCP(=O)([O-])[O-].[Ca+2]. The molecule has 0 fully saturated rings. The summed E-state index contributed by atoms with van der Waals surface area (Å²) < 4.78 is 9.86. The predicted molar refractivity (Wildman–Crippen MR) is 33.1 cm³/mol. The fourth-order valence-corrected chi connectivity index (χ4v) is 1.06. The van der Waals surface area contributed by atoms with Crippen LogP contribution in [0.1, 0.15) is 19.8 Å². The summed E-state index contributed by atoms with van der Waals surface area (Å²) in [6.45, 7) is 1.84. The summed E-state index contributed by atoms with van der Waals surface area (Å²) in [4.78, 5) is 19.7. The molecule has 0 rings (SSSR count). The monoisotopic (exact) mass is 176 g/mol. The van der Waals surface area contributed by atoms with Crippen LogP contribution in [-0.2, 0) is 4.57 Å². The van der Waals surface area contributed by atoms with E-state index in [4.69, 9.17) is 0 Å². The van der Waals surface area contributed by atoms with E-state index in [9.17, 15) is 14.4 Å². The largest absolute Gasteiger partial charge is 2.00 e. The Kier molecular flexibility index (Phi) is 8.89. The zero-order chi connectivity index (χ0) is 6.62. The van der Waals surface area contributed by atoms with Gasteiger partial charge in [0.2, 0.25) is 0 Å². The second-order valence-corrected chi connectivity index (χ2v) is 3.36. The van der Waals surface area contributed by atoms with Gasteiger partial charge in [0.15, 0.2) is 0 Å². The van der Waals surface area contributed by atoms with E-state index in [-0.39, 0.29) is 43.9 Å². The number of hydrogen-bond donors (Lipinski definition) is 0. The standard InChI is InChI=1S/C4H11O3P.Ca/c1-2-3-4-8(5,6)7;/h2-4H2,1H3,(H2,5,6,7);/q;+2/p-2. The Hall–Kier alpha value is 1.41. The molecule has 3 nitrogen and oxygen atoms in total. The van der Waals surface area contributed by atoms with Gasteiger partial charge in [-0.1, -0.05) is 20.9 Å². The fraction of sp³-hybridized carbons (Fsp3) is 1.00. The molecular formula is C4H9CaO3P. The second-order valence-electron chi connectivity index (χ2n) is 1.69. The van der Waals surface area contributed by atoms with E-state index in [1.54, 1.807) is 0 Å². The van der Waals surface area contributed by atoms with Crippen LogP contribution in [0.3, 0.4) is 0 Å². The maximum Gasteiger partial charge on any atom is 2.00 e. The second kappa shape index (κ2) is 6.14. The molecule has 0 bridgehead atoms. The van der Waals surface area contributed by atoms with Gasteiger partial charge in [-0.15, -0.1) is 0 Å². The topological polar surface area (TPSA) is 63.2 Å². The molecular weight excluding hydrogens is 167 g/mol. The van der Waals surface area contributed by atoms with E-state index in [1.807, 2.05) is 6.92 Å². The normalized spacial score (nSPS) is 10.6. The van der Waals surface area contributed by atoms with Crippen LogP contribution in [0.2, 0.25) is 0 Å². The summed E-state index contributed by atoms with van der Waals surface area (Å²) >= 11 is 0. The molecule has 0 aliphatic rings. The van der Waals surface area contributed by atoms with Crippen LogP contribution in [-0.4, -0.2) is 43.9 Å². The summed E-state index contributed by atoms with van der Waals surface area (Å²) in [6.07, 6.45) is 1.06. The Labute approximate surface area is 85.0 Å². The molecule has 0 aliphatic heterocycles. The molecule has 0 aromatic rings. The van der Waals surface area contributed by atoms with Crippen molar-refractivity contribution in [1.82, 2.24) is 0 Å². The molecule has 0 unspecified atom stereocenters. The summed E-state index contributed by atoms with van der Waals surface area (Å²) in [5, 5.41) is 0. The van der Waals surface area contributed by atoms with Crippen LogP contribution in [0.25, 0.3) is 0 Å². The molecule has 0 N–H and O–H groups in total. The summed E-state index contributed by atoms with van der Waals surface area (Å²) in [6, 6.07) is 0. The van der Waals surface area contributed by atoms with Gasteiger partial charge in [0.05, 0.1) is 0 Å². The first kappa shape index (κ1) is 13.0. The molecule has 9 heavy (non-hydrogen) atoms. The van der Waals surface area contributed by atoms with Crippen molar-refractivity contribution >= 4 is 45.3 Å². The van der Waals surface area contributed by atoms with Crippen molar-refractivity contribution in [1.29, 1.82) is 0 Å². The van der Waals surface area contributed by atoms with Crippen molar-refractivity contribution in [2.45, 2.75) is 19.8 Å². The molecule has 0 spiro atoms. The van der Waals surface area contributed by atoms with E-state index in [0.717, 1.165) is 6.42 Å². The Morgan fingerprint density at radius 2 is 1.89 bits per heavy atom.